The van der Waals surface area contributed by atoms with Gasteiger partial charge in [-0.1, -0.05) is 25.7 Å². The molecule has 0 spiro atoms. The molecule has 0 aromatic rings. The van der Waals surface area contributed by atoms with E-state index in [4.69, 9.17) is 0 Å². The quantitative estimate of drug-likeness (QED) is 0.589. The van der Waals surface area contributed by atoms with Gasteiger partial charge in [-0.2, -0.15) is 0 Å². The molecule has 2 N–H and O–H groups in total. The lowest BCUT2D eigenvalue weighted by Gasteiger charge is -2.08. The van der Waals surface area contributed by atoms with Gasteiger partial charge in [-0.25, -0.2) is 0 Å². The molecule has 0 aromatic carbocycles. The summed E-state index contributed by atoms with van der Waals surface area (Å²) < 4.78 is 0. The Balaban J connectivity index is 1.78. The second-order valence-corrected chi connectivity index (χ2v) is 4.15. The summed E-state index contributed by atoms with van der Waals surface area (Å²) >= 11 is 0. The van der Waals surface area contributed by atoms with Gasteiger partial charge in [0, 0.05) is 13.1 Å². The first-order valence-corrected chi connectivity index (χ1v) is 5.79. The molecular formula is C11H24N2. The summed E-state index contributed by atoms with van der Waals surface area (Å²) in [7, 11) is 2.00. The molecule has 1 fully saturated rings. The van der Waals surface area contributed by atoms with E-state index < -0.39 is 0 Å². The second kappa shape index (κ2) is 7.34. The van der Waals surface area contributed by atoms with Crippen LogP contribution in [0.3, 0.4) is 0 Å². The molecule has 0 amide bonds. The first kappa shape index (κ1) is 11.0. The van der Waals surface area contributed by atoms with Crippen LogP contribution in [0.15, 0.2) is 0 Å². The average Bonchev–Trinajstić information content (AvgIpc) is 2.63. The second-order valence-electron chi connectivity index (χ2n) is 4.15. The minimum Gasteiger partial charge on any atom is -0.318 e. The standard InChI is InChI=1S/C11H24N2/c1-12-9-10-13-8-4-7-11-5-2-3-6-11/h11-13H,2-10H2,1H3. The molecule has 2 heteroatoms. The number of likely N-dealkylation sites (N-methyl/N-ethyl adjacent to an activating group) is 1. The van der Waals surface area contributed by atoms with Crippen molar-refractivity contribution in [2.45, 2.75) is 38.5 Å². The van der Waals surface area contributed by atoms with Crippen molar-refractivity contribution >= 4 is 0 Å². The normalized spacial score (nSPS) is 18.2. The Morgan fingerprint density at radius 1 is 1.08 bits per heavy atom. The van der Waals surface area contributed by atoms with Crippen LogP contribution in [0, 0.1) is 5.92 Å². The summed E-state index contributed by atoms with van der Waals surface area (Å²) in [5.41, 5.74) is 0. The molecule has 0 heterocycles. The Morgan fingerprint density at radius 2 is 1.85 bits per heavy atom. The number of hydrogen-bond acceptors (Lipinski definition) is 2. The van der Waals surface area contributed by atoms with Crippen LogP contribution in [0.4, 0.5) is 0 Å². The van der Waals surface area contributed by atoms with Crippen molar-refractivity contribution in [2.75, 3.05) is 26.7 Å². The van der Waals surface area contributed by atoms with Crippen LogP contribution in [0.1, 0.15) is 38.5 Å². The average molecular weight is 184 g/mol. The van der Waals surface area contributed by atoms with Gasteiger partial charge >= 0.3 is 0 Å². The summed E-state index contributed by atoms with van der Waals surface area (Å²) in [5, 5.41) is 6.58. The van der Waals surface area contributed by atoms with E-state index in [1.54, 1.807) is 0 Å². The number of rotatable bonds is 7. The van der Waals surface area contributed by atoms with Gasteiger partial charge in [-0.3, -0.25) is 0 Å². The van der Waals surface area contributed by atoms with E-state index in [0.717, 1.165) is 19.0 Å². The maximum absolute atomic E-state index is 3.45. The highest BCUT2D eigenvalue weighted by molar-refractivity contribution is 4.67. The number of hydrogen-bond donors (Lipinski definition) is 2. The zero-order valence-corrected chi connectivity index (χ0v) is 8.94. The Kier molecular flexibility index (Phi) is 6.21. The zero-order valence-electron chi connectivity index (χ0n) is 8.94. The van der Waals surface area contributed by atoms with E-state index in [1.165, 1.54) is 45.1 Å². The van der Waals surface area contributed by atoms with Gasteiger partial charge in [-0.15, -0.1) is 0 Å². The van der Waals surface area contributed by atoms with Gasteiger partial charge < -0.3 is 10.6 Å². The Morgan fingerprint density at radius 3 is 2.54 bits per heavy atom. The Labute approximate surface area is 82.5 Å². The zero-order chi connectivity index (χ0) is 9.36. The van der Waals surface area contributed by atoms with E-state index in [2.05, 4.69) is 10.6 Å². The maximum Gasteiger partial charge on any atom is 0.00766 e. The van der Waals surface area contributed by atoms with Crippen molar-refractivity contribution in [2.24, 2.45) is 5.92 Å². The van der Waals surface area contributed by atoms with Gasteiger partial charge in [0.1, 0.15) is 0 Å². The molecule has 1 rings (SSSR count). The molecule has 1 saturated carbocycles. The third-order valence-electron chi connectivity index (χ3n) is 2.99. The molecule has 0 saturated heterocycles. The Bertz CT molecular complexity index is 109. The van der Waals surface area contributed by atoms with Crippen LogP contribution in [-0.2, 0) is 0 Å². The minimum absolute atomic E-state index is 1.06. The molecule has 1 aliphatic carbocycles. The van der Waals surface area contributed by atoms with Crippen LogP contribution < -0.4 is 10.6 Å². The lowest BCUT2D eigenvalue weighted by molar-refractivity contribution is 0.470. The first-order chi connectivity index (χ1) is 6.43. The fraction of sp³-hybridized carbons (Fsp3) is 1.00. The molecule has 13 heavy (non-hydrogen) atoms. The fourth-order valence-corrected chi connectivity index (χ4v) is 2.15. The predicted octanol–water partition coefficient (Wildman–Crippen LogP) is 1.77. The largest absolute Gasteiger partial charge is 0.318 e. The molecule has 0 atom stereocenters. The van der Waals surface area contributed by atoms with Crippen LogP contribution >= 0.6 is 0 Å². The summed E-state index contributed by atoms with van der Waals surface area (Å²) in [6.07, 6.45) is 8.78. The van der Waals surface area contributed by atoms with Crippen LogP contribution in [-0.4, -0.2) is 26.7 Å². The summed E-state index contributed by atoms with van der Waals surface area (Å²) in [6, 6.07) is 0. The highest BCUT2D eigenvalue weighted by atomic mass is 14.9. The van der Waals surface area contributed by atoms with Crippen molar-refractivity contribution < 1.29 is 0 Å². The van der Waals surface area contributed by atoms with Crippen LogP contribution in [0.2, 0.25) is 0 Å². The molecular weight excluding hydrogens is 160 g/mol. The third-order valence-corrected chi connectivity index (χ3v) is 2.99. The van der Waals surface area contributed by atoms with Crippen molar-refractivity contribution in [3.63, 3.8) is 0 Å². The summed E-state index contributed by atoms with van der Waals surface area (Å²) in [4.78, 5) is 0. The monoisotopic (exact) mass is 184 g/mol. The van der Waals surface area contributed by atoms with E-state index in [9.17, 15) is 0 Å². The SMILES string of the molecule is CNCCNCCCC1CCCC1. The highest BCUT2D eigenvalue weighted by Crippen LogP contribution is 2.28. The molecule has 0 unspecified atom stereocenters. The van der Waals surface area contributed by atoms with E-state index in [-0.39, 0.29) is 0 Å². The van der Waals surface area contributed by atoms with Crippen molar-refractivity contribution in [1.82, 2.24) is 10.6 Å². The topological polar surface area (TPSA) is 24.1 Å². The predicted molar refractivity (Wildman–Crippen MR) is 58.0 cm³/mol. The smallest absolute Gasteiger partial charge is 0.00766 e. The molecule has 78 valence electrons. The van der Waals surface area contributed by atoms with Gasteiger partial charge in [0.25, 0.3) is 0 Å². The molecule has 0 aliphatic heterocycles. The lowest BCUT2D eigenvalue weighted by Crippen LogP contribution is -2.25. The van der Waals surface area contributed by atoms with Crippen molar-refractivity contribution in [3.05, 3.63) is 0 Å². The summed E-state index contributed by atoms with van der Waals surface area (Å²) in [6.45, 7) is 3.41. The molecule has 0 bridgehead atoms. The van der Waals surface area contributed by atoms with Gasteiger partial charge in [0.2, 0.25) is 0 Å². The van der Waals surface area contributed by atoms with E-state index in [0.29, 0.717) is 0 Å². The minimum atomic E-state index is 1.06. The van der Waals surface area contributed by atoms with Crippen molar-refractivity contribution in [1.29, 1.82) is 0 Å². The van der Waals surface area contributed by atoms with Crippen LogP contribution in [0.5, 0.6) is 0 Å². The lowest BCUT2D eigenvalue weighted by atomic mass is 10.0. The first-order valence-electron chi connectivity index (χ1n) is 5.79. The van der Waals surface area contributed by atoms with E-state index >= 15 is 0 Å². The number of nitrogens with one attached hydrogen (secondary N) is 2. The molecule has 2 nitrogen and oxygen atoms in total. The maximum atomic E-state index is 3.45. The molecule has 1 aliphatic rings. The van der Waals surface area contributed by atoms with Crippen LogP contribution in [0.25, 0.3) is 0 Å². The fourth-order valence-electron chi connectivity index (χ4n) is 2.15. The molecule has 0 aromatic heterocycles. The van der Waals surface area contributed by atoms with Gasteiger partial charge in [-0.05, 0) is 32.4 Å². The van der Waals surface area contributed by atoms with Gasteiger partial charge in [0.05, 0.1) is 0 Å². The Hall–Kier alpha value is -0.0800. The molecule has 0 radical (unpaired) electrons. The summed E-state index contributed by atoms with van der Waals surface area (Å²) in [5.74, 6) is 1.06. The van der Waals surface area contributed by atoms with Crippen molar-refractivity contribution in [3.8, 4) is 0 Å². The van der Waals surface area contributed by atoms with Gasteiger partial charge in [0.15, 0.2) is 0 Å². The third kappa shape index (κ3) is 5.27. The highest BCUT2D eigenvalue weighted by Gasteiger charge is 2.13. The van der Waals surface area contributed by atoms with E-state index in [1.807, 2.05) is 7.05 Å².